The first-order valence-corrected chi connectivity index (χ1v) is 7.37. The van der Waals surface area contributed by atoms with Crippen molar-refractivity contribution in [3.8, 4) is 5.75 Å². The number of hydrogen-bond donors (Lipinski definition) is 0. The summed E-state index contributed by atoms with van der Waals surface area (Å²) in [5, 5.41) is 0. The molecule has 0 aromatic heterocycles. The van der Waals surface area contributed by atoms with E-state index in [1.165, 1.54) is 13.8 Å². The van der Waals surface area contributed by atoms with Gasteiger partial charge in [0.25, 0.3) is 0 Å². The lowest BCUT2D eigenvalue weighted by Gasteiger charge is -2.20. The summed E-state index contributed by atoms with van der Waals surface area (Å²) in [6.07, 6.45) is 0.265. The highest BCUT2D eigenvalue weighted by atomic mass is 19.2. The maximum Gasteiger partial charge on any atom is 0.317 e. The molecule has 134 valence electrons. The predicted octanol–water partition coefficient (Wildman–Crippen LogP) is 5.78. The van der Waals surface area contributed by atoms with E-state index in [0.29, 0.717) is 0 Å². The maximum atomic E-state index is 13.3. The number of halogens is 5. The van der Waals surface area contributed by atoms with Crippen LogP contribution in [0, 0.1) is 34.5 Å². The zero-order chi connectivity index (χ0) is 19.0. The molecule has 2 nitrogen and oxygen atoms in total. The van der Waals surface area contributed by atoms with Crippen LogP contribution in [0.2, 0.25) is 0 Å². The number of esters is 1. The fourth-order valence-electron chi connectivity index (χ4n) is 1.05. The third-order valence-electron chi connectivity index (χ3n) is 2.80. The second-order valence-corrected chi connectivity index (χ2v) is 4.53. The largest absolute Gasteiger partial charge is 0.420 e. The van der Waals surface area contributed by atoms with Gasteiger partial charge in [0.2, 0.25) is 34.8 Å². The summed E-state index contributed by atoms with van der Waals surface area (Å²) in [6.45, 7) is 12.4. The molecule has 7 heteroatoms. The van der Waals surface area contributed by atoms with E-state index in [1.54, 1.807) is 6.92 Å². The molecule has 0 aliphatic rings. The molecule has 1 aromatic carbocycles. The third kappa shape index (κ3) is 5.48. The molecule has 0 radical (unpaired) electrons. The fourth-order valence-corrected chi connectivity index (χ4v) is 1.05. The van der Waals surface area contributed by atoms with Gasteiger partial charge in [0.1, 0.15) is 0 Å². The van der Waals surface area contributed by atoms with Crippen molar-refractivity contribution in [3.63, 3.8) is 0 Å². The Morgan fingerprint density at radius 3 is 1.43 bits per heavy atom. The Hall–Kier alpha value is -1.66. The number of hydrogen-bond acceptors (Lipinski definition) is 2. The smallest absolute Gasteiger partial charge is 0.317 e. The van der Waals surface area contributed by atoms with Crippen molar-refractivity contribution in [1.82, 2.24) is 0 Å². The number of carbonyl (C=O) groups excluding carboxylic acids is 1. The van der Waals surface area contributed by atoms with Crippen molar-refractivity contribution >= 4 is 5.97 Å². The summed E-state index contributed by atoms with van der Waals surface area (Å²) in [5.74, 6) is -13.6. The predicted molar refractivity (Wildman–Crippen MR) is 78.6 cm³/mol. The highest BCUT2D eigenvalue weighted by molar-refractivity contribution is 5.78. The number of ether oxygens (including phenoxy) is 1. The van der Waals surface area contributed by atoms with E-state index in [2.05, 4.69) is 4.74 Å². The zero-order valence-corrected chi connectivity index (χ0v) is 14.4. The van der Waals surface area contributed by atoms with Crippen LogP contribution in [-0.2, 0) is 4.79 Å². The number of rotatable bonds is 3. The zero-order valence-electron chi connectivity index (χ0n) is 14.4. The van der Waals surface area contributed by atoms with Gasteiger partial charge < -0.3 is 4.74 Å². The van der Waals surface area contributed by atoms with E-state index < -0.39 is 46.2 Å². The lowest BCUT2D eigenvalue weighted by atomic mass is 9.91. The number of benzene rings is 1. The van der Waals surface area contributed by atoms with Crippen molar-refractivity contribution in [2.45, 2.75) is 54.9 Å². The van der Waals surface area contributed by atoms with Crippen LogP contribution in [0.5, 0.6) is 5.75 Å². The van der Waals surface area contributed by atoms with Gasteiger partial charge in [-0.25, -0.2) is 13.2 Å². The van der Waals surface area contributed by atoms with Crippen molar-refractivity contribution in [2.75, 3.05) is 0 Å². The first-order valence-electron chi connectivity index (χ1n) is 7.37. The number of carbonyl (C=O) groups is 1. The Morgan fingerprint density at radius 2 is 1.13 bits per heavy atom. The van der Waals surface area contributed by atoms with Crippen molar-refractivity contribution < 1.29 is 31.5 Å². The van der Waals surface area contributed by atoms with E-state index in [9.17, 15) is 26.7 Å². The molecule has 0 aliphatic carbocycles. The van der Waals surface area contributed by atoms with Gasteiger partial charge >= 0.3 is 5.97 Å². The lowest BCUT2D eigenvalue weighted by Crippen LogP contribution is -2.29. The molecule has 0 spiro atoms. The summed E-state index contributed by atoms with van der Waals surface area (Å²) in [5.41, 5.74) is -1.11. The van der Waals surface area contributed by atoms with Gasteiger partial charge in [-0.05, 0) is 20.3 Å². The van der Waals surface area contributed by atoms with Gasteiger partial charge in [0, 0.05) is 0 Å². The summed E-state index contributed by atoms with van der Waals surface area (Å²) in [7, 11) is 0. The molecule has 23 heavy (non-hydrogen) atoms. The van der Waals surface area contributed by atoms with Crippen LogP contribution in [0.4, 0.5) is 22.0 Å². The highest BCUT2D eigenvalue weighted by Gasteiger charge is 2.33. The van der Waals surface area contributed by atoms with Crippen molar-refractivity contribution in [1.29, 1.82) is 0 Å². The Morgan fingerprint density at radius 1 is 0.826 bits per heavy atom. The molecular weight excluding hydrogens is 319 g/mol. The Kier molecular flexibility index (Phi) is 10.4. The van der Waals surface area contributed by atoms with Crippen LogP contribution < -0.4 is 4.74 Å². The quantitative estimate of drug-likeness (QED) is 0.229. The second kappa shape index (κ2) is 10.2. The Balaban J connectivity index is 0. The molecular formula is C16H23F5O2. The van der Waals surface area contributed by atoms with Crippen LogP contribution in [0.3, 0.4) is 0 Å². The van der Waals surface area contributed by atoms with E-state index >= 15 is 0 Å². The SMILES string of the molecule is CC.CC.CCC(C)(C)C(=O)Oc1c(F)c(F)c(F)c(F)c1F. The molecule has 0 bridgehead atoms. The van der Waals surface area contributed by atoms with E-state index in [0.717, 1.165) is 0 Å². The van der Waals surface area contributed by atoms with Crippen LogP contribution in [0.25, 0.3) is 0 Å². The van der Waals surface area contributed by atoms with Crippen LogP contribution in [0.1, 0.15) is 54.9 Å². The molecule has 1 rings (SSSR count). The average molecular weight is 342 g/mol. The van der Waals surface area contributed by atoms with Gasteiger partial charge in [-0.15, -0.1) is 0 Å². The molecule has 0 amide bonds. The van der Waals surface area contributed by atoms with Crippen LogP contribution in [-0.4, -0.2) is 5.97 Å². The van der Waals surface area contributed by atoms with E-state index in [4.69, 9.17) is 0 Å². The van der Waals surface area contributed by atoms with Crippen LogP contribution >= 0.6 is 0 Å². The summed E-state index contributed by atoms with van der Waals surface area (Å²) >= 11 is 0. The summed E-state index contributed by atoms with van der Waals surface area (Å²) in [6, 6.07) is 0. The first kappa shape index (κ1) is 23.6. The van der Waals surface area contributed by atoms with E-state index in [1.807, 2.05) is 27.7 Å². The topological polar surface area (TPSA) is 26.3 Å². The molecule has 0 heterocycles. The minimum Gasteiger partial charge on any atom is -0.420 e. The second-order valence-electron chi connectivity index (χ2n) is 4.53. The molecule has 0 fully saturated rings. The monoisotopic (exact) mass is 342 g/mol. The Labute approximate surface area is 133 Å². The average Bonchev–Trinajstić information content (AvgIpc) is 2.58. The van der Waals surface area contributed by atoms with Crippen molar-refractivity contribution in [2.24, 2.45) is 5.41 Å². The molecule has 0 N–H and O–H groups in total. The minimum atomic E-state index is -2.30. The van der Waals surface area contributed by atoms with Gasteiger partial charge in [-0.2, -0.15) is 8.78 Å². The first-order chi connectivity index (χ1) is 10.6. The maximum absolute atomic E-state index is 13.3. The standard InChI is InChI=1S/C12H11F5O2.2C2H6/c1-4-12(2,3)11(18)19-10-8(16)6(14)5(13)7(15)9(10)17;2*1-2/h4H2,1-3H3;2*1-2H3. The molecule has 0 aliphatic heterocycles. The fraction of sp³-hybridized carbons (Fsp3) is 0.562. The van der Waals surface area contributed by atoms with Gasteiger partial charge in [-0.3, -0.25) is 4.79 Å². The lowest BCUT2D eigenvalue weighted by molar-refractivity contribution is -0.144. The Bertz CT molecular complexity index is 499. The van der Waals surface area contributed by atoms with Gasteiger partial charge in [0.05, 0.1) is 5.41 Å². The highest BCUT2D eigenvalue weighted by Crippen LogP contribution is 2.31. The normalized spacial score (nSPS) is 10.1. The molecule has 0 saturated carbocycles. The molecule has 0 unspecified atom stereocenters. The van der Waals surface area contributed by atoms with Crippen molar-refractivity contribution in [3.05, 3.63) is 29.1 Å². The minimum absolute atomic E-state index is 0.265. The van der Waals surface area contributed by atoms with Crippen LogP contribution in [0.15, 0.2) is 0 Å². The molecule has 0 atom stereocenters. The van der Waals surface area contributed by atoms with Gasteiger partial charge in [-0.1, -0.05) is 34.6 Å². The van der Waals surface area contributed by atoms with Gasteiger partial charge in [0.15, 0.2) is 0 Å². The summed E-state index contributed by atoms with van der Waals surface area (Å²) < 4.78 is 69.4. The molecule has 1 aromatic rings. The molecule has 0 saturated heterocycles. The third-order valence-corrected chi connectivity index (χ3v) is 2.80. The summed E-state index contributed by atoms with van der Waals surface area (Å²) in [4.78, 5) is 11.6. The van der Waals surface area contributed by atoms with E-state index in [-0.39, 0.29) is 6.42 Å².